The zero-order valence-corrected chi connectivity index (χ0v) is 15.1. The van der Waals surface area contributed by atoms with Crippen LogP contribution in [-0.4, -0.2) is 13.5 Å². The summed E-state index contributed by atoms with van der Waals surface area (Å²) < 4.78 is 39.3. The third-order valence-electron chi connectivity index (χ3n) is 3.82. The lowest BCUT2D eigenvalue weighted by Crippen LogP contribution is -2.09. The van der Waals surface area contributed by atoms with Crippen LogP contribution >= 0.6 is 11.6 Å². The molecule has 3 aromatic carbocycles. The van der Waals surface area contributed by atoms with E-state index >= 15 is 0 Å². The molecule has 0 aliphatic carbocycles. The van der Waals surface area contributed by atoms with Crippen LogP contribution in [0.25, 0.3) is 0 Å². The van der Waals surface area contributed by atoms with Gasteiger partial charge in [0.05, 0.1) is 9.79 Å². The van der Waals surface area contributed by atoms with Crippen LogP contribution in [0.15, 0.2) is 76.5 Å². The molecule has 0 spiro atoms. The van der Waals surface area contributed by atoms with Gasteiger partial charge in [-0.05, 0) is 48.0 Å². The molecule has 0 saturated heterocycles. The number of nitrogens with one attached hydrogen (secondary N) is 1. The van der Waals surface area contributed by atoms with Crippen LogP contribution in [-0.2, 0) is 16.4 Å². The van der Waals surface area contributed by atoms with E-state index in [2.05, 4.69) is 5.32 Å². The fourth-order valence-electron chi connectivity index (χ4n) is 2.47. The molecule has 0 fully saturated rings. The first kappa shape index (κ1) is 18.2. The van der Waals surface area contributed by atoms with Gasteiger partial charge in [-0.2, -0.15) is 0 Å². The van der Waals surface area contributed by atoms with E-state index in [1.165, 1.54) is 42.5 Å². The Balaban J connectivity index is 1.90. The van der Waals surface area contributed by atoms with Crippen LogP contribution in [0, 0.1) is 5.82 Å². The number of phenols is 1. The second-order valence-corrected chi connectivity index (χ2v) is 7.94. The molecule has 0 bridgehead atoms. The van der Waals surface area contributed by atoms with Crippen molar-refractivity contribution in [1.29, 1.82) is 0 Å². The molecule has 3 rings (SSSR count). The lowest BCUT2D eigenvalue weighted by Gasteiger charge is -2.12. The first-order valence-corrected chi connectivity index (χ1v) is 9.55. The second kappa shape index (κ2) is 7.35. The molecule has 0 radical (unpaired) electrons. The van der Waals surface area contributed by atoms with E-state index in [4.69, 9.17) is 11.6 Å². The van der Waals surface area contributed by atoms with Gasteiger partial charge >= 0.3 is 0 Å². The Morgan fingerprint density at radius 1 is 1.00 bits per heavy atom. The van der Waals surface area contributed by atoms with Crippen molar-refractivity contribution in [3.05, 3.63) is 83.1 Å². The van der Waals surface area contributed by atoms with Gasteiger partial charge in [0.25, 0.3) is 0 Å². The molecular weight excluding hydrogens is 377 g/mol. The van der Waals surface area contributed by atoms with Crippen LogP contribution in [0.2, 0.25) is 5.02 Å². The van der Waals surface area contributed by atoms with Crippen molar-refractivity contribution in [2.75, 3.05) is 5.32 Å². The molecule has 3 aromatic rings. The Morgan fingerprint density at radius 2 is 1.69 bits per heavy atom. The lowest BCUT2D eigenvalue weighted by molar-refractivity contribution is 0.432. The minimum atomic E-state index is -3.72. The summed E-state index contributed by atoms with van der Waals surface area (Å²) in [5.41, 5.74) is 0.968. The predicted molar refractivity (Wildman–Crippen MR) is 98.7 cm³/mol. The highest BCUT2D eigenvalue weighted by molar-refractivity contribution is 7.91. The van der Waals surface area contributed by atoms with E-state index in [-0.39, 0.29) is 16.3 Å². The standard InChI is InChI=1S/C19H15ClFNO3S/c20-14-5-8-16(9-6-14)26(24,25)19-4-2-1-3-13(19)12-22-15-7-10-18(23)17(21)11-15/h1-11,22-23H,12H2. The summed E-state index contributed by atoms with van der Waals surface area (Å²) >= 11 is 5.83. The number of aromatic hydroxyl groups is 1. The Labute approximate surface area is 155 Å². The number of phenolic OH excluding ortho intramolecular Hbond substituents is 1. The maximum absolute atomic E-state index is 13.4. The maximum atomic E-state index is 13.4. The quantitative estimate of drug-likeness (QED) is 0.622. The van der Waals surface area contributed by atoms with Crippen molar-refractivity contribution in [2.24, 2.45) is 0 Å². The zero-order valence-electron chi connectivity index (χ0n) is 13.5. The van der Waals surface area contributed by atoms with Gasteiger partial charge < -0.3 is 10.4 Å². The lowest BCUT2D eigenvalue weighted by atomic mass is 10.2. The van der Waals surface area contributed by atoms with E-state index in [9.17, 15) is 17.9 Å². The summed E-state index contributed by atoms with van der Waals surface area (Å²) in [4.78, 5) is 0.305. The number of hydrogen-bond acceptors (Lipinski definition) is 4. The molecule has 0 amide bonds. The van der Waals surface area contributed by atoms with Crippen LogP contribution < -0.4 is 5.32 Å². The molecular formula is C19H15ClFNO3S. The second-order valence-electron chi connectivity index (χ2n) is 5.58. The average Bonchev–Trinajstić information content (AvgIpc) is 2.63. The number of hydrogen-bond donors (Lipinski definition) is 2. The van der Waals surface area contributed by atoms with Gasteiger partial charge in [-0.25, -0.2) is 12.8 Å². The molecule has 0 atom stereocenters. The summed E-state index contributed by atoms with van der Waals surface area (Å²) in [6.45, 7) is 0.174. The van der Waals surface area contributed by atoms with Gasteiger partial charge in [-0.15, -0.1) is 0 Å². The minimum Gasteiger partial charge on any atom is -0.505 e. The SMILES string of the molecule is O=S(=O)(c1ccc(Cl)cc1)c1ccccc1CNc1ccc(O)c(F)c1. The molecule has 0 aliphatic heterocycles. The fraction of sp³-hybridized carbons (Fsp3) is 0.0526. The largest absolute Gasteiger partial charge is 0.505 e. The van der Waals surface area contributed by atoms with Crippen LogP contribution in [0.1, 0.15) is 5.56 Å². The van der Waals surface area contributed by atoms with Crippen LogP contribution in [0.5, 0.6) is 5.75 Å². The number of halogens is 2. The molecule has 0 saturated carbocycles. The van der Waals surface area contributed by atoms with Gasteiger partial charge in [0, 0.05) is 23.3 Å². The Kier molecular flexibility index (Phi) is 5.15. The number of sulfone groups is 1. The van der Waals surface area contributed by atoms with E-state index in [0.717, 1.165) is 6.07 Å². The zero-order chi connectivity index (χ0) is 18.7. The van der Waals surface area contributed by atoms with Crippen molar-refractivity contribution >= 4 is 27.1 Å². The Morgan fingerprint density at radius 3 is 2.38 bits per heavy atom. The van der Waals surface area contributed by atoms with Crippen molar-refractivity contribution in [3.8, 4) is 5.75 Å². The van der Waals surface area contributed by atoms with Crippen LogP contribution in [0.4, 0.5) is 10.1 Å². The molecule has 0 aliphatic rings. The summed E-state index contributed by atoms with van der Waals surface area (Å²) in [5, 5.41) is 12.7. The molecule has 134 valence electrons. The van der Waals surface area contributed by atoms with Crippen molar-refractivity contribution < 1.29 is 17.9 Å². The van der Waals surface area contributed by atoms with Crippen molar-refractivity contribution in [3.63, 3.8) is 0 Å². The Hall–Kier alpha value is -2.57. The third-order valence-corrected chi connectivity index (χ3v) is 5.94. The smallest absolute Gasteiger partial charge is 0.206 e. The highest BCUT2D eigenvalue weighted by atomic mass is 35.5. The summed E-state index contributed by atoms with van der Waals surface area (Å²) in [6, 6.07) is 16.4. The topological polar surface area (TPSA) is 66.4 Å². The van der Waals surface area contributed by atoms with E-state index in [0.29, 0.717) is 16.3 Å². The normalized spacial score (nSPS) is 11.3. The van der Waals surface area contributed by atoms with Gasteiger partial charge in [-0.3, -0.25) is 0 Å². The summed E-state index contributed by atoms with van der Waals surface area (Å²) in [5.74, 6) is -1.20. The van der Waals surface area contributed by atoms with Gasteiger partial charge in [-0.1, -0.05) is 29.8 Å². The minimum absolute atomic E-state index is 0.144. The van der Waals surface area contributed by atoms with Crippen molar-refractivity contribution in [1.82, 2.24) is 0 Å². The predicted octanol–water partition coefficient (Wildman–Crippen LogP) is 4.63. The number of benzene rings is 3. The first-order chi connectivity index (χ1) is 12.4. The average molecular weight is 392 g/mol. The highest BCUT2D eigenvalue weighted by Gasteiger charge is 2.20. The van der Waals surface area contributed by atoms with E-state index in [1.54, 1.807) is 18.2 Å². The monoisotopic (exact) mass is 391 g/mol. The fourth-order valence-corrected chi connectivity index (χ4v) is 4.08. The van der Waals surface area contributed by atoms with Crippen molar-refractivity contribution in [2.45, 2.75) is 16.3 Å². The molecule has 4 nitrogen and oxygen atoms in total. The van der Waals surface area contributed by atoms with Gasteiger partial charge in [0.2, 0.25) is 9.84 Å². The van der Waals surface area contributed by atoms with Gasteiger partial charge in [0.15, 0.2) is 11.6 Å². The van der Waals surface area contributed by atoms with Crippen LogP contribution in [0.3, 0.4) is 0 Å². The molecule has 26 heavy (non-hydrogen) atoms. The van der Waals surface area contributed by atoms with E-state index in [1.807, 2.05) is 0 Å². The van der Waals surface area contributed by atoms with E-state index < -0.39 is 21.4 Å². The summed E-state index contributed by atoms with van der Waals surface area (Å²) in [6.07, 6.45) is 0. The third kappa shape index (κ3) is 3.81. The molecule has 0 unspecified atom stereocenters. The number of rotatable bonds is 5. The molecule has 7 heteroatoms. The van der Waals surface area contributed by atoms with Gasteiger partial charge in [0.1, 0.15) is 0 Å². The summed E-state index contributed by atoms with van der Waals surface area (Å²) in [7, 11) is -3.72. The molecule has 0 heterocycles. The number of anilines is 1. The molecule has 0 aromatic heterocycles. The molecule has 2 N–H and O–H groups in total. The first-order valence-electron chi connectivity index (χ1n) is 7.69. The Bertz CT molecular complexity index is 1040. The highest BCUT2D eigenvalue weighted by Crippen LogP contribution is 2.26. The maximum Gasteiger partial charge on any atom is 0.206 e.